The van der Waals surface area contributed by atoms with E-state index in [9.17, 15) is 0 Å². The maximum absolute atomic E-state index is 6.39. The van der Waals surface area contributed by atoms with Gasteiger partial charge in [-0.3, -0.25) is 4.68 Å². The molecular weight excluding hydrogens is 450 g/mol. The van der Waals surface area contributed by atoms with Crippen LogP contribution in [0.4, 0.5) is 11.8 Å². The van der Waals surface area contributed by atoms with E-state index in [2.05, 4.69) is 47.0 Å². The molecule has 5 heterocycles. The molecule has 10 heteroatoms. The lowest BCUT2D eigenvalue weighted by Gasteiger charge is -2.08. The second-order valence-corrected chi connectivity index (χ2v) is 8.66. The lowest BCUT2D eigenvalue weighted by Crippen LogP contribution is -2.05. The number of fused-ring (bicyclic) bond motifs is 3. The van der Waals surface area contributed by atoms with E-state index < -0.39 is 0 Å². The summed E-state index contributed by atoms with van der Waals surface area (Å²) in [6.07, 6.45) is 7.25. The number of hydrogen-bond donors (Lipinski definition) is 1. The molecule has 0 bridgehead atoms. The molecule has 6 rings (SSSR count). The van der Waals surface area contributed by atoms with Crippen molar-refractivity contribution in [2.75, 3.05) is 5.32 Å². The molecule has 0 atom stereocenters. The van der Waals surface area contributed by atoms with Crippen molar-refractivity contribution < 1.29 is 0 Å². The Hall–Kier alpha value is -3.98. The molecule has 0 unspecified atom stereocenters. The molecule has 34 heavy (non-hydrogen) atoms. The van der Waals surface area contributed by atoms with Gasteiger partial charge < -0.3 is 14.5 Å². The summed E-state index contributed by atoms with van der Waals surface area (Å²) in [5, 5.41) is 17.2. The highest BCUT2D eigenvalue weighted by molar-refractivity contribution is 6.31. The summed E-state index contributed by atoms with van der Waals surface area (Å²) in [5.41, 5.74) is 3.93. The molecule has 0 radical (unpaired) electrons. The first-order chi connectivity index (χ1) is 16.7. The third-order valence-corrected chi connectivity index (χ3v) is 6.42. The van der Waals surface area contributed by atoms with E-state index in [4.69, 9.17) is 16.6 Å². The Morgan fingerprint density at radius 3 is 2.82 bits per heavy atom. The first-order valence-electron chi connectivity index (χ1n) is 11.1. The number of aromatic nitrogens is 8. The molecule has 1 N–H and O–H groups in total. The molecule has 1 aliphatic heterocycles. The van der Waals surface area contributed by atoms with Crippen LogP contribution in [0.5, 0.6) is 0 Å². The van der Waals surface area contributed by atoms with Crippen LogP contribution in [-0.4, -0.2) is 39.1 Å². The molecule has 0 saturated carbocycles. The molecule has 9 nitrogen and oxygen atoms in total. The molecule has 170 valence electrons. The van der Waals surface area contributed by atoms with Crippen molar-refractivity contribution in [3.8, 4) is 22.8 Å². The first kappa shape index (κ1) is 20.6. The van der Waals surface area contributed by atoms with Crippen LogP contribution in [0.15, 0.2) is 61.1 Å². The lowest BCUT2D eigenvalue weighted by atomic mass is 10.1. The first-order valence-corrected chi connectivity index (χ1v) is 11.5. The number of benzene rings is 1. The van der Waals surface area contributed by atoms with E-state index in [-0.39, 0.29) is 0 Å². The molecule has 0 saturated heterocycles. The predicted octanol–water partition coefficient (Wildman–Crippen LogP) is 4.33. The molecule has 0 aliphatic carbocycles. The maximum Gasteiger partial charge on any atom is 0.228 e. The van der Waals surface area contributed by atoms with E-state index in [0.717, 1.165) is 64.5 Å². The van der Waals surface area contributed by atoms with Crippen molar-refractivity contribution >= 4 is 23.4 Å². The fourth-order valence-corrected chi connectivity index (χ4v) is 4.52. The average Bonchev–Trinajstić information content (AvgIpc) is 3.53. The molecule has 1 aliphatic rings. The van der Waals surface area contributed by atoms with Crippen molar-refractivity contribution in [2.45, 2.75) is 25.9 Å². The van der Waals surface area contributed by atoms with Gasteiger partial charge in [0.2, 0.25) is 5.95 Å². The lowest BCUT2D eigenvalue weighted by molar-refractivity contribution is 0.580. The normalized spacial score (nSPS) is 12.8. The van der Waals surface area contributed by atoms with Gasteiger partial charge in [0.05, 0.1) is 17.6 Å². The van der Waals surface area contributed by atoms with Crippen LogP contribution in [0.1, 0.15) is 17.8 Å². The Bertz CT molecular complexity index is 1480. The zero-order valence-electron chi connectivity index (χ0n) is 18.6. The highest BCUT2D eigenvalue weighted by Gasteiger charge is 2.22. The molecular formula is C24H22ClN9. The van der Waals surface area contributed by atoms with Gasteiger partial charge in [-0.25, -0.2) is 9.97 Å². The fourth-order valence-electron chi connectivity index (χ4n) is 4.32. The van der Waals surface area contributed by atoms with E-state index in [1.54, 1.807) is 17.1 Å². The number of halogens is 1. The van der Waals surface area contributed by atoms with Crippen molar-refractivity contribution in [3.63, 3.8) is 0 Å². The minimum absolute atomic E-state index is 0.521. The van der Waals surface area contributed by atoms with Crippen LogP contribution in [-0.2, 0) is 26.6 Å². The Balaban J connectivity index is 1.33. The van der Waals surface area contributed by atoms with Crippen LogP contribution in [0.25, 0.3) is 22.8 Å². The smallest absolute Gasteiger partial charge is 0.228 e. The van der Waals surface area contributed by atoms with Crippen molar-refractivity contribution in [1.82, 2.24) is 39.1 Å². The topological polar surface area (TPSA) is 91.3 Å². The van der Waals surface area contributed by atoms with E-state index >= 15 is 0 Å². The summed E-state index contributed by atoms with van der Waals surface area (Å²) in [7, 11) is 1.87. The maximum atomic E-state index is 6.39. The zero-order valence-corrected chi connectivity index (χ0v) is 19.3. The second-order valence-electron chi connectivity index (χ2n) is 8.25. The number of aryl methyl sites for hydroxylation is 2. The standard InChI is InChI=1S/C24H22ClN9/c1-32-21(8-10-27-32)29-24-26-9-7-19(28-24)17-13-20-23-31-30-22(14-16-5-2-3-6-18(16)25)34(23)12-4-11-33(20)15-17/h2-3,5-10,13,15H,4,11-12,14H2,1H3,(H,26,28,29). The van der Waals surface area contributed by atoms with Crippen molar-refractivity contribution in [3.05, 3.63) is 77.5 Å². The Morgan fingerprint density at radius 1 is 1.06 bits per heavy atom. The van der Waals surface area contributed by atoms with Crippen molar-refractivity contribution in [1.29, 1.82) is 0 Å². The minimum atomic E-state index is 0.521. The van der Waals surface area contributed by atoms with E-state index in [0.29, 0.717) is 12.4 Å². The summed E-state index contributed by atoms with van der Waals surface area (Å²) in [5.74, 6) is 3.13. The molecule has 1 aromatic carbocycles. The zero-order chi connectivity index (χ0) is 23.1. The van der Waals surface area contributed by atoms with Gasteiger partial charge in [0.15, 0.2) is 5.82 Å². The molecule has 4 aromatic heterocycles. The molecule has 0 fully saturated rings. The molecule has 0 spiro atoms. The van der Waals surface area contributed by atoms with E-state index in [1.165, 1.54) is 0 Å². The van der Waals surface area contributed by atoms with Gasteiger partial charge in [0.25, 0.3) is 0 Å². The Labute approximate surface area is 201 Å². The SMILES string of the molecule is Cn1nccc1Nc1nccc(-c2cc3n(c2)CCCn2c(Cc4ccccc4Cl)nnc2-3)n1. The van der Waals surface area contributed by atoms with Crippen LogP contribution >= 0.6 is 11.6 Å². The van der Waals surface area contributed by atoms with Gasteiger partial charge >= 0.3 is 0 Å². The van der Waals surface area contributed by atoms with Gasteiger partial charge in [-0.2, -0.15) is 5.10 Å². The van der Waals surface area contributed by atoms with Gasteiger partial charge in [0, 0.05) is 55.6 Å². The summed E-state index contributed by atoms with van der Waals surface area (Å²) in [6, 6.07) is 13.8. The van der Waals surface area contributed by atoms with E-state index in [1.807, 2.05) is 43.4 Å². The summed E-state index contributed by atoms with van der Waals surface area (Å²) in [6.45, 7) is 1.76. The Morgan fingerprint density at radius 2 is 1.97 bits per heavy atom. The fraction of sp³-hybridized carbons (Fsp3) is 0.208. The quantitative estimate of drug-likeness (QED) is 0.410. The number of nitrogens with zero attached hydrogens (tertiary/aromatic N) is 8. The number of hydrogen-bond acceptors (Lipinski definition) is 6. The summed E-state index contributed by atoms with van der Waals surface area (Å²) in [4.78, 5) is 9.08. The van der Waals surface area contributed by atoms with Crippen LogP contribution in [0, 0.1) is 0 Å². The van der Waals surface area contributed by atoms with Gasteiger partial charge in [-0.05, 0) is 30.2 Å². The predicted molar refractivity (Wildman–Crippen MR) is 130 cm³/mol. The number of nitrogens with one attached hydrogen (secondary N) is 1. The highest BCUT2D eigenvalue weighted by Crippen LogP contribution is 2.31. The Kier molecular flexibility index (Phi) is 5.10. The number of rotatable bonds is 5. The average molecular weight is 472 g/mol. The molecule has 5 aromatic rings. The monoisotopic (exact) mass is 471 g/mol. The van der Waals surface area contributed by atoms with Crippen molar-refractivity contribution in [2.24, 2.45) is 7.05 Å². The minimum Gasteiger partial charge on any atom is -0.344 e. The van der Waals surface area contributed by atoms with Gasteiger partial charge in [0.1, 0.15) is 11.6 Å². The third-order valence-electron chi connectivity index (χ3n) is 6.05. The van der Waals surface area contributed by atoms with Gasteiger partial charge in [-0.1, -0.05) is 29.8 Å². The van der Waals surface area contributed by atoms with Crippen LogP contribution < -0.4 is 5.32 Å². The van der Waals surface area contributed by atoms with Crippen LogP contribution in [0.3, 0.4) is 0 Å². The third kappa shape index (κ3) is 3.73. The number of anilines is 2. The largest absolute Gasteiger partial charge is 0.344 e. The summed E-state index contributed by atoms with van der Waals surface area (Å²) < 4.78 is 6.18. The summed E-state index contributed by atoms with van der Waals surface area (Å²) >= 11 is 6.39. The van der Waals surface area contributed by atoms with Gasteiger partial charge in [-0.15, -0.1) is 10.2 Å². The highest BCUT2D eigenvalue weighted by atomic mass is 35.5. The molecule has 0 amide bonds. The second kappa shape index (κ2) is 8.42. The van der Waals surface area contributed by atoms with Crippen LogP contribution in [0.2, 0.25) is 5.02 Å².